The molecule has 0 aliphatic heterocycles. The van der Waals surface area contributed by atoms with E-state index in [4.69, 9.17) is 10.5 Å². The SMILES string of the molecule is CC(C)OC(C)(CN)C(c1ccccc1)c1ccccc1. The number of benzene rings is 2. The normalized spacial score (nSPS) is 14.4. The minimum atomic E-state index is -0.434. The van der Waals surface area contributed by atoms with E-state index < -0.39 is 5.60 Å². The Balaban J connectivity index is 2.50. The Morgan fingerprint density at radius 1 is 0.905 bits per heavy atom. The fourth-order valence-electron chi connectivity index (χ4n) is 2.96. The van der Waals surface area contributed by atoms with E-state index in [2.05, 4.69) is 69.3 Å². The molecule has 2 aromatic carbocycles. The molecule has 1 unspecified atom stereocenters. The molecule has 2 nitrogen and oxygen atoms in total. The van der Waals surface area contributed by atoms with E-state index in [-0.39, 0.29) is 12.0 Å². The van der Waals surface area contributed by atoms with E-state index in [1.807, 2.05) is 12.1 Å². The second kappa shape index (κ2) is 6.88. The van der Waals surface area contributed by atoms with Crippen LogP contribution in [0.3, 0.4) is 0 Å². The first-order valence-corrected chi connectivity index (χ1v) is 7.54. The number of hydrogen-bond acceptors (Lipinski definition) is 2. The van der Waals surface area contributed by atoms with Crippen molar-refractivity contribution < 1.29 is 4.74 Å². The van der Waals surface area contributed by atoms with E-state index in [1.165, 1.54) is 11.1 Å². The summed E-state index contributed by atoms with van der Waals surface area (Å²) in [4.78, 5) is 0. The summed E-state index contributed by atoms with van der Waals surface area (Å²) in [6.07, 6.45) is 0.133. The Morgan fingerprint density at radius 2 is 1.33 bits per heavy atom. The molecule has 0 aliphatic rings. The van der Waals surface area contributed by atoms with Crippen LogP contribution in [0.15, 0.2) is 60.7 Å². The molecule has 0 saturated carbocycles. The molecule has 2 aromatic rings. The Kier molecular flexibility index (Phi) is 5.16. The van der Waals surface area contributed by atoms with Crippen LogP contribution in [0.1, 0.15) is 37.8 Å². The van der Waals surface area contributed by atoms with Gasteiger partial charge in [-0.25, -0.2) is 0 Å². The third kappa shape index (κ3) is 3.72. The van der Waals surface area contributed by atoms with Crippen molar-refractivity contribution in [2.45, 2.75) is 38.4 Å². The lowest BCUT2D eigenvalue weighted by Crippen LogP contribution is -2.45. The van der Waals surface area contributed by atoms with E-state index >= 15 is 0 Å². The Labute approximate surface area is 127 Å². The number of hydrogen-bond donors (Lipinski definition) is 1. The lowest BCUT2D eigenvalue weighted by molar-refractivity contribution is -0.0716. The van der Waals surface area contributed by atoms with Crippen LogP contribution in [0.4, 0.5) is 0 Å². The molecule has 1 atom stereocenters. The molecular formula is C19H25NO. The maximum absolute atomic E-state index is 6.23. The van der Waals surface area contributed by atoms with E-state index in [0.29, 0.717) is 6.54 Å². The van der Waals surface area contributed by atoms with Gasteiger partial charge in [-0.1, -0.05) is 60.7 Å². The highest BCUT2D eigenvalue weighted by molar-refractivity contribution is 5.36. The van der Waals surface area contributed by atoms with E-state index in [9.17, 15) is 0 Å². The maximum Gasteiger partial charge on any atom is 0.0888 e. The molecule has 0 heterocycles. The van der Waals surface area contributed by atoms with E-state index in [1.54, 1.807) is 0 Å². The second-order valence-corrected chi connectivity index (χ2v) is 5.94. The lowest BCUT2D eigenvalue weighted by Gasteiger charge is -2.39. The third-order valence-electron chi connectivity index (χ3n) is 3.79. The van der Waals surface area contributed by atoms with Crippen molar-refractivity contribution in [3.8, 4) is 0 Å². The van der Waals surface area contributed by atoms with Gasteiger partial charge in [0.05, 0.1) is 11.7 Å². The summed E-state index contributed by atoms with van der Waals surface area (Å²) in [5.74, 6) is 0.118. The summed E-state index contributed by atoms with van der Waals surface area (Å²) >= 11 is 0. The molecule has 2 rings (SSSR count). The van der Waals surface area contributed by atoms with E-state index in [0.717, 1.165) is 0 Å². The predicted octanol–water partition coefficient (Wildman–Crippen LogP) is 3.96. The van der Waals surface area contributed by atoms with Gasteiger partial charge in [0.1, 0.15) is 0 Å². The van der Waals surface area contributed by atoms with Gasteiger partial charge >= 0.3 is 0 Å². The smallest absolute Gasteiger partial charge is 0.0888 e. The van der Waals surface area contributed by atoms with Gasteiger partial charge in [0.2, 0.25) is 0 Å². The number of rotatable bonds is 6. The molecule has 0 bridgehead atoms. The van der Waals surface area contributed by atoms with Crippen molar-refractivity contribution in [3.05, 3.63) is 71.8 Å². The molecule has 112 valence electrons. The third-order valence-corrected chi connectivity index (χ3v) is 3.79. The zero-order valence-corrected chi connectivity index (χ0v) is 13.1. The highest BCUT2D eigenvalue weighted by Crippen LogP contribution is 2.37. The van der Waals surface area contributed by atoms with Crippen molar-refractivity contribution in [1.29, 1.82) is 0 Å². The molecule has 0 radical (unpaired) electrons. The maximum atomic E-state index is 6.23. The van der Waals surface area contributed by atoms with Crippen LogP contribution < -0.4 is 5.73 Å². The van der Waals surface area contributed by atoms with Gasteiger partial charge in [0, 0.05) is 12.5 Å². The minimum Gasteiger partial charge on any atom is -0.370 e. The Hall–Kier alpha value is -1.64. The van der Waals surface area contributed by atoms with Gasteiger partial charge in [-0.15, -0.1) is 0 Å². The quantitative estimate of drug-likeness (QED) is 0.871. The zero-order chi connectivity index (χ0) is 15.3. The highest BCUT2D eigenvalue weighted by Gasteiger charge is 2.37. The molecule has 0 fully saturated rings. The van der Waals surface area contributed by atoms with Crippen molar-refractivity contribution in [2.75, 3.05) is 6.54 Å². The van der Waals surface area contributed by atoms with Gasteiger partial charge in [0.25, 0.3) is 0 Å². The molecule has 0 spiro atoms. The standard InChI is InChI=1S/C19H25NO/c1-15(2)21-19(3,14-20)18(16-10-6-4-7-11-16)17-12-8-5-9-13-17/h4-13,15,18H,14,20H2,1-3H3. The van der Waals surface area contributed by atoms with Crippen LogP contribution in [0, 0.1) is 0 Å². The molecule has 21 heavy (non-hydrogen) atoms. The number of ether oxygens (including phenoxy) is 1. The fourth-order valence-corrected chi connectivity index (χ4v) is 2.96. The van der Waals surface area contributed by atoms with Crippen molar-refractivity contribution in [3.63, 3.8) is 0 Å². The Bertz CT molecular complexity index is 499. The molecular weight excluding hydrogens is 258 g/mol. The first-order valence-electron chi connectivity index (χ1n) is 7.54. The summed E-state index contributed by atoms with van der Waals surface area (Å²) in [5.41, 5.74) is 8.14. The van der Waals surface area contributed by atoms with Crippen LogP contribution in [0.25, 0.3) is 0 Å². The van der Waals surface area contributed by atoms with Crippen LogP contribution >= 0.6 is 0 Å². The minimum absolute atomic E-state index is 0.118. The van der Waals surface area contributed by atoms with Crippen LogP contribution in [-0.2, 0) is 4.74 Å². The van der Waals surface area contributed by atoms with Crippen LogP contribution in [0.5, 0.6) is 0 Å². The van der Waals surface area contributed by atoms with Gasteiger partial charge < -0.3 is 10.5 Å². The lowest BCUT2D eigenvalue weighted by atomic mass is 9.78. The Morgan fingerprint density at radius 3 is 1.67 bits per heavy atom. The molecule has 2 N–H and O–H groups in total. The first-order chi connectivity index (χ1) is 10.1. The van der Waals surface area contributed by atoms with Gasteiger partial charge in [-0.3, -0.25) is 0 Å². The van der Waals surface area contributed by atoms with Crippen LogP contribution in [-0.4, -0.2) is 18.2 Å². The van der Waals surface area contributed by atoms with Gasteiger partial charge in [-0.05, 0) is 31.9 Å². The highest BCUT2D eigenvalue weighted by atomic mass is 16.5. The van der Waals surface area contributed by atoms with Crippen LogP contribution in [0.2, 0.25) is 0 Å². The van der Waals surface area contributed by atoms with Gasteiger partial charge in [0.15, 0.2) is 0 Å². The molecule has 0 amide bonds. The summed E-state index contributed by atoms with van der Waals surface area (Å²) in [5, 5.41) is 0. The monoisotopic (exact) mass is 283 g/mol. The van der Waals surface area contributed by atoms with Crippen molar-refractivity contribution >= 4 is 0 Å². The summed E-state index contributed by atoms with van der Waals surface area (Å²) in [7, 11) is 0. The molecule has 0 aliphatic carbocycles. The average molecular weight is 283 g/mol. The van der Waals surface area contributed by atoms with Crippen molar-refractivity contribution in [1.82, 2.24) is 0 Å². The predicted molar refractivity (Wildman–Crippen MR) is 88.4 cm³/mol. The summed E-state index contributed by atoms with van der Waals surface area (Å²) in [6, 6.07) is 20.9. The molecule has 2 heteroatoms. The average Bonchev–Trinajstić information content (AvgIpc) is 2.49. The molecule has 0 aromatic heterocycles. The van der Waals surface area contributed by atoms with Gasteiger partial charge in [-0.2, -0.15) is 0 Å². The fraction of sp³-hybridized carbons (Fsp3) is 0.368. The largest absolute Gasteiger partial charge is 0.370 e. The summed E-state index contributed by atoms with van der Waals surface area (Å²) < 4.78 is 6.23. The van der Waals surface area contributed by atoms with Crippen molar-refractivity contribution in [2.24, 2.45) is 5.73 Å². The molecule has 0 saturated heterocycles. The topological polar surface area (TPSA) is 35.2 Å². The zero-order valence-electron chi connectivity index (χ0n) is 13.1. The first kappa shape index (κ1) is 15.7. The number of nitrogens with two attached hydrogens (primary N) is 1. The summed E-state index contributed by atoms with van der Waals surface area (Å²) in [6.45, 7) is 6.69. The second-order valence-electron chi connectivity index (χ2n) is 5.94.